The number of imidazole rings is 1. The van der Waals surface area contributed by atoms with Gasteiger partial charge in [-0.2, -0.15) is 0 Å². The molecule has 1 atom stereocenters. The summed E-state index contributed by atoms with van der Waals surface area (Å²) in [6.45, 7) is 5.15. The number of hydrogen-bond donors (Lipinski definition) is 0. The fourth-order valence-corrected chi connectivity index (χ4v) is 4.84. The van der Waals surface area contributed by atoms with Crippen molar-refractivity contribution in [2.75, 3.05) is 32.9 Å². The van der Waals surface area contributed by atoms with Gasteiger partial charge in [-0.25, -0.2) is 13.4 Å². The third kappa shape index (κ3) is 5.01. The van der Waals surface area contributed by atoms with Gasteiger partial charge in [0.2, 0.25) is 15.0 Å². The van der Waals surface area contributed by atoms with Gasteiger partial charge in [0.15, 0.2) is 0 Å². The lowest BCUT2D eigenvalue weighted by molar-refractivity contribution is 0.260. The van der Waals surface area contributed by atoms with E-state index in [1.54, 1.807) is 13.1 Å². The summed E-state index contributed by atoms with van der Waals surface area (Å²) in [7, 11) is 0.902. The molecule has 0 N–H and O–H groups in total. The first kappa shape index (κ1) is 21.0. The molecule has 2 heterocycles. The standard InChI is InChI=1S/C21H32N4O2S/c1-4-28(26,27)21-22-15-20(17-24-14-12-19(16-24)23(2)3)25(21)13-8-11-18-9-6-5-7-10-18/h5-7,9-10,15,19H,4,8,11-14,16-17H2,1-3H3/t19-/m1/s1. The summed E-state index contributed by atoms with van der Waals surface area (Å²) >= 11 is 0. The van der Waals surface area contributed by atoms with E-state index in [1.807, 2.05) is 22.8 Å². The first-order valence-corrected chi connectivity index (χ1v) is 11.8. The predicted molar refractivity (Wildman–Crippen MR) is 112 cm³/mol. The van der Waals surface area contributed by atoms with Crippen molar-refractivity contribution in [2.24, 2.45) is 0 Å². The number of likely N-dealkylation sites (N-methyl/N-ethyl adjacent to an activating group) is 1. The maximum atomic E-state index is 12.5. The van der Waals surface area contributed by atoms with Gasteiger partial charge < -0.3 is 9.47 Å². The van der Waals surface area contributed by atoms with Gasteiger partial charge in [-0.3, -0.25) is 4.90 Å². The van der Waals surface area contributed by atoms with E-state index >= 15 is 0 Å². The Morgan fingerprint density at radius 3 is 2.61 bits per heavy atom. The molecule has 0 bridgehead atoms. The molecule has 1 aliphatic heterocycles. The van der Waals surface area contributed by atoms with Crippen LogP contribution in [0.15, 0.2) is 41.7 Å². The number of benzene rings is 1. The van der Waals surface area contributed by atoms with Crippen LogP contribution in [0.5, 0.6) is 0 Å². The summed E-state index contributed by atoms with van der Waals surface area (Å²) in [4.78, 5) is 8.99. The molecule has 1 fully saturated rings. The summed E-state index contributed by atoms with van der Waals surface area (Å²) in [6.07, 6.45) is 4.72. The number of aryl methyl sites for hydroxylation is 1. The highest BCUT2D eigenvalue weighted by Crippen LogP contribution is 2.20. The SMILES string of the molecule is CCS(=O)(=O)c1ncc(CN2CC[C@@H](N(C)C)C2)n1CCCc1ccccc1. The van der Waals surface area contributed by atoms with E-state index in [1.165, 1.54) is 5.56 Å². The molecule has 1 aromatic carbocycles. The summed E-state index contributed by atoms with van der Waals surface area (Å²) < 4.78 is 27.0. The Bertz CT molecular complexity index is 862. The Labute approximate surface area is 169 Å². The van der Waals surface area contributed by atoms with Crippen LogP contribution in [0.2, 0.25) is 0 Å². The molecule has 1 saturated heterocycles. The highest BCUT2D eigenvalue weighted by Gasteiger charge is 2.27. The van der Waals surface area contributed by atoms with Gasteiger partial charge in [0.25, 0.3) is 0 Å². The molecule has 154 valence electrons. The zero-order chi connectivity index (χ0) is 20.1. The molecule has 0 amide bonds. The molecule has 0 unspecified atom stereocenters. The van der Waals surface area contributed by atoms with Gasteiger partial charge >= 0.3 is 0 Å². The van der Waals surface area contributed by atoms with Crippen molar-refractivity contribution in [1.82, 2.24) is 19.4 Å². The number of hydrogen-bond acceptors (Lipinski definition) is 5. The average Bonchev–Trinajstić information content (AvgIpc) is 3.31. The molecule has 3 rings (SSSR count). The largest absolute Gasteiger partial charge is 0.318 e. The number of nitrogens with zero attached hydrogens (tertiary/aromatic N) is 4. The maximum Gasteiger partial charge on any atom is 0.227 e. The molecule has 1 aliphatic rings. The molecule has 0 saturated carbocycles. The van der Waals surface area contributed by atoms with Gasteiger partial charge in [0.05, 0.1) is 17.6 Å². The molecule has 1 aromatic heterocycles. The average molecular weight is 405 g/mol. The quantitative estimate of drug-likeness (QED) is 0.643. The van der Waals surface area contributed by atoms with E-state index in [2.05, 4.69) is 41.0 Å². The number of aromatic nitrogens is 2. The van der Waals surface area contributed by atoms with Crippen LogP contribution in [-0.4, -0.2) is 66.7 Å². The van der Waals surface area contributed by atoms with Crippen molar-refractivity contribution in [3.05, 3.63) is 47.8 Å². The van der Waals surface area contributed by atoms with E-state index in [9.17, 15) is 8.42 Å². The molecule has 0 spiro atoms. The zero-order valence-electron chi connectivity index (χ0n) is 17.2. The minimum absolute atomic E-state index is 0.0779. The van der Waals surface area contributed by atoms with Crippen molar-refractivity contribution in [3.63, 3.8) is 0 Å². The highest BCUT2D eigenvalue weighted by atomic mass is 32.2. The van der Waals surface area contributed by atoms with E-state index in [4.69, 9.17) is 0 Å². The van der Waals surface area contributed by atoms with Crippen molar-refractivity contribution in [2.45, 2.75) is 50.5 Å². The Morgan fingerprint density at radius 2 is 1.96 bits per heavy atom. The van der Waals surface area contributed by atoms with Crippen molar-refractivity contribution >= 4 is 9.84 Å². The van der Waals surface area contributed by atoms with E-state index in [-0.39, 0.29) is 10.9 Å². The van der Waals surface area contributed by atoms with Gasteiger partial charge in [-0.1, -0.05) is 37.3 Å². The first-order chi connectivity index (χ1) is 13.4. The molecule has 0 aliphatic carbocycles. The Morgan fingerprint density at radius 1 is 1.21 bits per heavy atom. The van der Waals surface area contributed by atoms with Crippen LogP contribution in [0.3, 0.4) is 0 Å². The summed E-state index contributed by atoms with van der Waals surface area (Å²) in [5.74, 6) is 0.0779. The Hall–Kier alpha value is -1.70. The van der Waals surface area contributed by atoms with Crippen molar-refractivity contribution in [3.8, 4) is 0 Å². The fraction of sp³-hybridized carbons (Fsp3) is 0.571. The Kier molecular flexibility index (Phi) is 6.91. The van der Waals surface area contributed by atoms with Crippen LogP contribution < -0.4 is 0 Å². The summed E-state index contributed by atoms with van der Waals surface area (Å²) in [5, 5.41) is 0.224. The smallest absolute Gasteiger partial charge is 0.227 e. The second kappa shape index (κ2) is 9.20. The van der Waals surface area contributed by atoms with Crippen LogP contribution >= 0.6 is 0 Å². The van der Waals surface area contributed by atoms with Crippen LogP contribution in [0.1, 0.15) is 31.0 Å². The van der Waals surface area contributed by atoms with Gasteiger partial charge in [0.1, 0.15) is 0 Å². The molecule has 0 radical (unpaired) electrons. The summed E-state index contributed by atoms with van der Waals surface area (Å²) in [5.41, 5.74) is 2.27. The minimum Gasteiger partial charge on any atom is -0.318 e. The predicted octanol–water partition coefficient (Wildman–Crippen LogP) is 2.45. The first-order valence-electron chi connectivity index (χ1n) is 10.1. The lowest BCUT2D eigenvalue weighted by Crippen LogP contribution is -2.31. The van der Waals surface area contributed by atoms with E-state index in [0.29, 0.717) is 12.6 Å². The third-order valence-electron chi connectivity index (χ3n) is 5.61. The topological polar surface area (TPSA) is 58.4 Å². The van der Waals surface area contributed by atoms with Crippen LogP contribution in [-0.2, 0) is 29.3 Å². The monoisotopic (exact) mass is 404 g/mol. The minimum atomic E-state index is -3.34. The number of likely N-dealkylation sites (tertiary alicyclic amines) is 1. The lowest BCUT2D eigenvalue weighted by atomic mass is 10.1. The molecule has 6 nitrogen and oxygen atoms in total. The number of sulfone groups is 1. The summed E-state index contributed by atoms with van der Waals surface area (Å²) in [6, 6.07) is 10.9. The van der Waals surface area contributed by atoms with Crippen LogP contribution in [0, 0.1) is 0 Å². The zero-order valence-corrected chi connectivity index (χ0v) is 18.0. The lowest BCUT2D eigenvalue weighted by Gasteiger charge is -2.21. The molecule has 28 heavy (non-hydrogen) atoms. The second-order valence-corrected chi connectivity index (χ2v) is 9.99. The Balaban J connectivity index is 1.74. The van der Waals surface area contributed by atoms with Gasteiger partial charge in [-0.05, 0) is 38.9 Å². The van der Waals surface area contributed by atoms with E-state index < -0.39 is 9.84 Å². The highest BCUT2D eigenvalue weighted by molar-refractivity contribution is 7.91. The third-order valence-corrected chi connectivity index (χ3v) is 7.26. The molecular weight excluding hydrogens is 372 g/mol. The maximum absolute atomic E-state index is 12.5. The van der Waals surface area contributed by atoms with Crippen LogP contribution in [0.25, 0.3) is 0 Å². The van der Waals surface area contributed by atoms with E-state index in [0.717, 1.165) is 44.6 Å². The van der Waals surface area contributed by atoms with Gasteiger partial charge in [-0.15, -0.1) is 0 Å². The van der Waals surface area contributed by atoms with Crippen molar-refractivity contribution in [1.29, 1.82) is 0 Å². The number of rotatable bonds is 9. The normalized spacial score (nSPS) is 18.2. The molecular formula is C21H32N4O2S. The van der Waals surface area contributed by atoms with Crippen molar-refractivity contribution < 1.29 is 8.42 Å². The molecule has 2 aromatic rings. The fourth-order valence-electron chi connectivity index (χ4n) is 3.83. The van der Waals surface area contributed by atoms with Gasteiger partial charge in [0, 0.05) is 32.2 Å². The molecule has 7 heteroatoms. The second-order valence-electron chi connectivity index (χ2n) is 7.82. The van der Waals surface area contributed by atoms with Crippen LogP contribution in [0.4, 0.5) is 0 Å².